The van der Waals surface area contributed by atoms with Crippen molar-refractivity contribution >= 4 is 5.91 Å². The van der Waals surface area contributed by atoms with E-state index in [9.17, 15) is 9.18 Å². The minimum Gasteiger partial charge on any atom is -0.497 e. The van der Waals surface area contributed by atoms with Crippen LogP contribution in [0, 0.1) is 5.82 Å². The lowest BCUT2D eigenvalue weighted by molar-refractivity contribution is -0.132. The number of halogens is 1. The van der Waals surface area contributed by atoms with E-state index in [1.54, 1.807) is 19.2 Å². The molecule has 3 nitrogen and oxygen atoms in total. The molecule has 1 atom stereocenters. The second kappa shape index (κ2) is 8.15. The maximum Gasteiger partial charge on any atom is 0.223 e. The van der Waals surface area contributed by atoms with E-state index in [4.69, 9.17) is 4.74 Å². The van der Waals surface area contributed by atoms with Crippen molar-refractivity contribution in [1.82, 2.24) is 4.90 Å². The van der Waals surface area contributed by atoms with Gasteiger partial charge in [-0.05, 0) is 54.7 Å². The average Bonchev–Trinajstić information content (AvgIpc) is 2.67. The van der Waals surface area contributed by atoms with E-state index in [0.29, 0.717) is 6.42 Å². The van der Waals surface area contributed by atoms with Gasteiger partial charge in [0.15, 0.2) is 0 Å². The molecule has 0 spiro atoms. The summed E-state index contributed by atoms with van der Waals surface area (Å²) in [6.45, 7) is 1.69. The number of benzene rings is 2. The number of nitrogens with zero attached hydrogens (tertiary/aromatic N) is 1. The number of hydrogen-bond donors (Lipinski definition) is 0. The predicted molar refractivity (Wildman–Crippen MR) is 96.3 cm³/mol. The van der Waals surface area contributed by atoms with Crippen molar-refractivity contribution in [2.75, 3.05) is 20.2 Å². The Morgan fingerprint density at radius 1 is 1.00 bits per heavy atom. The Bertz CT molecular complexity index is 691. The molecule has 0 saturated carbocycles. The lowest BCUT2D eigenvalue weighted by atomic mass is 9.88. The van der Waals surface area contributed by atoms with Crippen molar-refractivity contribution in [2.24, 2.45) is 0 Å². The van der Waals surface area contributed by atoms with Gasteiger partial charge in [-0.3, -0.25) is 4.79 Å². The molecule has 0 aromatic heterocycles. The SMILES string of the molecule is COc1ccc([C@@H](CC(=O)N2CCCCC2)c2ccc(F)cc2)cc1. The van der Waals surface area contributed by atoms with Crippen molar-refractivity contribution in [3.05, 3.63) is 65.5 Å². The van der Waals surface area contributed by atoms with Crippen molar-refractivity contribution in [1.29, 1.82) is 0 Å². The summed E-state index contributed by atoms with van der Waals surface area (Å²) < 4.78 is 18.5. The Kier molecular flexibility index (Phi) is 5.69. The average molecular weight is 341 g/mol. The molecule has 2 aromatic carbocycles. The summed E-state index contributed by atoms with van der Waals surface area (Å²) in [6, 6.07) is 14.2. The minimum atomic E-state index is -0.264. The first-order chi connectivity index (χ1) is 12.2. The molecule has 132 valence electrons. The van der Waals surface area contributed by atoms with Crippen molar-refractivity contribution in [2.45, 2.75) is 31.6 Å². The molecule has 1 aliphatic rings. The molecule has 2 aromatic rings. The highest BCUT2D eigenvalue weighted by atomic mass is 19.1. The topological polar surface area (TPSA) is 29.5 Å². The second-order valence-corrected chi connectivity index (χ2v) is 6.52. The summed E-state index contributed by atoms with van der Waals surface area (Å²) in [5.41, 5.74) is 2.00. The number of likely N-dealkylation sites (tertiary alicyclic amines) is 1. The van der Waals surface area contributed by atoms with Crippen LogP contribution in [0.1, 0.15) is 42.7 Å². The molecule has 0 unspecified atom stereocenters. The van der Waals surface area contributed by atoms with Gasteiger partial charge < -0.3 is 9.64 Å². The zero-order valence-electron chi connectivity index (χ0n) is 14.6. The van der Waals surface area contributed by atoms with Gasteiger partial charge in [-0.25, -0.2) is 4.39 Å². The zero-order valence-corrected chi connectivity index (χ0v) is 14.6. The normalized spacial score (nSPS) is 15.7. The van der Waals surface area contributed by atoms with E-state index in [1.807, 2.05) is 29.2 Å². The number of piperidine rings is 1. The molecule has 1 aliphatic heterocycles. The Balaban J connectivity index is 1.85. The molecule has 1 amide bonds. The van der Waals surface area contributed by atoms with E-state index < -0.39 is 0 Å². The number of hydrogen-bond acceptors (Lipinski definition) is 2. The summed E-state index contributed by atoms with van der Waals surface area (Å²) in [7, 11) is 1.63. The largest absolute Gasteiger partial charge is 0.497 e. The van der Waals surface area contributed by atoms with E-state index in [1.165, 1.54) is 18.6 Å². The van der Waals surface area contributed by atoms with Crippen LogP contribution in [0.2, 0.25) is 0 Å². The van der Waals surface area contributed by atoms with Crippen LogP contribution >= 0.6 is 0 Å². The Hall–Kier alpha value is -2.36. The van der Waals surface area contributed by atoms with Gasteiger partial charge in [0.1, 0.15) is 11.6 Å². The van der Waals surface area contributed by atoms with Gasteiger partial charge in [-0.2, -0.15) is 0 Å². The third-order valence-corrected chi connectivity index (χ3v) is 4.88. The van der Waals surface area contributed by atoms with Crippen molar-refractivity contribution in [3.63, 3.8) is 0 Å². The summed E-state index contributed by atoms with van der Waals surface area (Å²) in [6.07, 6.45) is 3.76. The van der Waals surface area contributed by atoms with Gasteiger partial charge in [-0.15, -0.1) is 0 Å². The lowest BCUT2D eigenvalue weighted by Gasteiger charge is -2.29. The van der Waals surface area contributed by atoms with Gasteiger partial charge >= 0.3 is 0 Å². The predicted octanol–water partition coefficient (Wildman–Crippen LogP) is 4.37. The molecular weight excluding hydrogens is 317 g/mol. The van der Waals surface area contributed by atoms with Crippen LogP contribution in [0.5, 0.6) is 5.75 Å². The number of rotatable bonds is 5. The first-order valence-electron chi connectivity index (χ1n) is 8.84. The van der Waals surface area contributed by atoms with E-state index >= 15 is 0 Å². The molecule has 4 heteroatoms. The first-order valence-corrected chi connectivity index (χ1v) is 8.84. The molecule has 1 fully saturated rings. The smallest absolute Gasteiger partial charge is 0.223 e. The number of ether oxygens (including phenoxy) is 1. The quantitative estimate of drug-likeness (QED) is 0.808. The Morgan fingerprint density at radius 2 is 1.56 bits per heavy atom. The van der Waals surface area contributed by atoms with Crippen LogP contribution in [-0.4, -0.2) is 31.0 Å². The molecule has 0 bridgehead atoms. The lowest BCUT2D eigenvalue weighted by Crippen LogP contribution is -2.36. The van der Waals surface area contributed by atoms with Crippen LogP contribution in [0.25, 0.3) is 0 Å². The molecular formula is C21H24FNO2. The van der Waals surface area contributed by atoms with Crippen LogP contribution in [0.4, 0.5) is 4.39 Å². The highest BCUT2D eigenvalue weighted by Crippen LogP contribution is 2.30. The molecule has 0 N–H and O–H groups in total. The van der Waals surface area contributed by atoms with Gasteiger partial charge in [-0.1, -0.05) is 24.3 Å². The van der Waals surface area contributed by atoms with Gasteiger partial charge in [0, 0.05) is 25.4 Å². The number of carbonyl (C=O) groups excluding carboxylic acids is 1. The zero-order chi connectivity index (χ0) is 17.6. The van der Waals surface area contributed by atoms with Crippen LogP contribution in [0.3, 0.4) is 0 Å². The number of methoxy groups -OCH3 is 1. The molecule has 3 rings (SSSR count). The van der Waals surface area contributed by atoms with Crippen molar-refractivity contribution in [3.8, 4) is 5.75 Å². The van der Waals surface area contributed by atoms with Crippen LogP contribution < -0.4 is 4.74 Å². The third-order valence-electron chi connectivity index (χ3n) is 4.88. The number of amides is 1. The fourth-order valence-corrected chi connectivity index (χ4v) is 3.41. The van der Waals surface area contributed by atoms with E-state index in [0.717, 1.165) is 42.8 Å². The molecule has 25 heavy (non-hydrogen) atoms. The fraction of sp³-hybridized carbons (Fsp3) is 0.381. The summed E-state index contributed by atoms with van der Waals surface area (Å²) in [5, 5.41) is 0. The first kappa shape index (κ1) is 17.5. The molecule has 0 radical (unpaired) electrons. The maximum atomic E-state index is 13.3. The highest BCUT2D eigenvalue weighted by Gasteiger charge is 2.23. The van der Waals surface area contributed by atoms with Crippen LogP contribution in [0.15, 0.2) is 48.5 Å². The Labute approximate surface area is 148 Å². The molecule has 0 aliphatic carbocycles. The second-order valence-electron chi connectivity index (χ2n) is 6.52. The monoisotopic (exact) mass is 341 g/mol. The van der Waals surface area contributed by atoms with Gasteiger partial charge in [0.05, 0.1) is 7.11 Å². The third kappa shape index (κ3) is 4.38. The summed E-state index contributed by atoms with van der Waals surface area (Å²) >= 11 is 0. The van der Waals surface area contributed by atoms with Gasteiger partial charge in [0.2, 0.25) is 5.91 Å². The summed E-state index contributed by atoms with van der Waals surface area (Å²) in [5.74, 6) is 0.606. The van der Waals surface area contributed by atoms with Crippen LogP contribution in [-0.2, 0) is 4.79 Å². The van der Waals surface area contributed by atoms with E-state index in [2.05, 4.69) is 0 Å². The molecule has 1 saturated heterocycles. The number of carbonyl (C=O) groups is 1. The van der Waals surface area contributed by atoms with Gasteiger partial charge in [0.25, 0.3) is 0 Å². The fourth-order valence-electron chi connectivity index (χ4n) is 3.41. The molecule has 1 heterocycles. The van der Waals surface area contributed by atoms with Crippen molar-refractivity contribution < 1.29 is 13.9 Å². The standard InChI is InChI=1S/C21H24FNO2/c1-25-19-11-7-17(8-12-19)20(16-5-9-18(22)10-6-16)15-21(24)23-13-3-2-4-14-23/h5-12,20H,2-4,13-15H2,1H3/t20-/m0/s1. The van der Waals surface area contributed by atoms with E-state index in [-0.39, 0.29) is 17.6 Å². The Morgan fingerprint density at radius 3 is 2.12 bits per heavy atom. The maximum absolute atomic E-state index is 13.3. The summed E-state index contributed by atoms with van der Waals surface area (Å²) in [4.78, 5) is 14.7. The highest BCUT2D eigenvalue weighted by molar-refractivity contribution is 5.78. The minimum absolute atomic E-state index is 0.0825.